The Hall–Kier alpha value is -2.33. The summed E-state index contributed by atoms with van der Waals surface area (Å²) in [5, 5.41) is 2.00. The molecule has 4 heteroatoms. The van der Waals surface area contributed by atoms with Crippen molar-refractivity contribution in [3.05, 3.63) is 53.4 Å². The van der Waals surface area contributed by atoms with E-state index in [1.54, 1.807) is 25.6 Å². The van der Waals surface area contributed by atoms with Gasteiger partial charge in [0.05, 0.1) is 25.4 Å². The molecule has 0 unspecified atom stereocenters. The monoisotopic (exact) mass is 297 g/mol. The second kappa shape index (κ2) is 5.97. The van der Waals surface area contributed by atoms with E-state index in [-0.39, 0.29) is 0 Å². The third-order valence-corrected chi connectivity index (χ3v) is 3.90. The summed E-state index contributed by atoms with van der Waals surface area (Å²) in [6.07, 6.45) is 0. The zero-order chi connectivity index (χ0) is 14.7. The van der Waals surface area contributed by atoms with Crippen LogP contribution in [0.1, 0.15) is 0 Å². The normalized spacial score (nSPS) is 10.4. The van der Waals surface area contributed by atoms with Crippen molar-refractivity contribution in [3.63, 3.8) is 0 Å². The summed E-state index contributed by atoms with van der Waals surface area (Å²) in [4.78, 5) is 4.36. The van der Waals surface area contributed by atoms with Gasteiger partial charge in [0.2, 0.25) is 0 Å². The summed E-state index contributed by atoms with van der Waals surface area (Å²) in [5.41, 5.74) is 5.75. The highest BCUT2D eigenvalue weighted by Crippen LogP contribution is 2.40. The van der Waals surface area contributed by atoms with Crippen molar-refractivity contribution >= 4 is 11.3 Å². The lowest BCUT2D eigenvalue weighted by Crippen LogP contribution is -1.94. The molecule has 0 saturated carbocycles. The Kier molecular flexibility index (Phi) is 3.88. The van der Waals surface area contributed by atoms with Crippen LogP contribution >= 0.6 is 11.3 Å². The molecule has 3 aromatic rings. The van der Waals surface area contributed by atoms with Crippen molar-refractivity contribution < 1.29 is 9.47 Å². The quantitative estimate of drug-likeness (QED) is 0.711. The SMILES string of the molecule is COc1cc(-c2cscn2)c(OC)cc1-c1ccccc1. The zero-order valence-corrected chi connectivity index (χ0v) is 12.7. The number of hydrogen-bond acceptors (Lipinski definition) is 4. The molecule has 0 saturated heterocycles. The third kappa shape index (κ3) is 2.62. The zero-order valence-electron chi connectivity index (χ0n) is 11.9. The molecular weight excluding hydrogens is 282 g/mol. The van der Waals surface area contributed by atoms with E-state index in [9.17, 15) is 0 Å². The average Bonchev–Trinajstić information content (AvgIpc) is 3.08. The fourth-order valence-electron chi connectivity index (χ4n) is 2.29. The van der Waals surface area contributed by atoms with Gasteiger partial charge in [-0.15, -0.1) is 11.3 Å². The Morgan fingerprint density at radius 1 is 0.905 bits per heavy atom. The van der Waals surface area contributed by atoms with E-state index in [1.165, 1.54) is 0 Å². The predicted molar refractivity (Wildman–Crippen MR) is 86.1 cm³/mol. The van der Waals surface area contributed by atoms with Crippen molar-refractivity contribution in [2.75, 3.05) is 14.2 Å². The first-order chi connectivity index (χ1) is 10.3. The van der Waals surface area contributed by atoms with Gasteiger partial charge >= 0.3 is 0 Å². The molecule has 3 nitrogen and oxygen atoms in total. The molecule has 0 aliphatic carbocycles. The van der Waals surface area contributed by atoms with Gasteiger partial charge in [0.25, 0.3) is 0 Å². The van der Waals surface area contributed by atoms with Crippen LogP contribution in [0.4, 0.5) is 0 Å². The minimum Gasteiger partial charge on any atom is -0.496 e. The molecule has 0 aliphatic heterocycles. The van der Waals surface area contributed by atoms with Gasteiger partial charge in [0, 0.05) is 16.5 Å². The summed E-state index contributed by atoms with van der Waals surface area (Å²) in [7, 11) is 3.35. The molecular formula is C17H15NO2S. The molecule has 1 aromatic heterocycles. The number of methoxy groups -OCH3 is 2. The van der Waals surface area contributed by atoms with Crippen molar-refractivity contribution in [1.82, 2.24) is 4.98 Å². The Morgan fingerprint density at radius 2 is 1.57 bits per heavy atom. The first-order valence-corrected chi connectivity index (χ1v) is 7.47. The molecule has 0 radical (unpaired) electrons. The van der Waals surface area contributed by atoms with E-state index in [0.717, 1.165) is 33.9 Å². The van der Waals surface area contributed by atoms with Crippen LogP contribution in [-0.4, -0.2) is 19.2 Å². The molecule has 106 valence electrons. The van der Waals surface area contributed by atoms with Gasteiger partial charge < -0.3 is 9.47 Å². The van der Waals surface area contributed by atoms with Crippen molar-refractivity contribution in [1.29, 1.82) is 0 Å². The van der Waals surface area contributed by atoms with E-state index < -0.39 is 0 Å². The first kappa shape index (κ1) is 13.6. The number of benzene rings is 2. The van der Waals surface area contributed by atoms with Gasteiger partial charge in [-0.25, -0.2) is 4.98 Å². The molecule has 0 atom stereocenters. The molecule has 0 fully saturated rings. The Morgan fingerprint density at radius 3 is 2.19 bits per heavy atom. The van der Waals surface area contributed by atoms with Gasteiger partial charge in [-0.05, 0) is 17.7 Å². The number of rotatable bonds is 4. The van der Waals surface area contributed by atoms with Gasteiger partial charge in [0.1, 0.15) is 11.5 Å². The highest BCUT2D eigenvalue weighted by atomic mass is 32.1. The minimum atomic E-state index is 0.792. The van der Waals surface area contributed by atoms with Gasteiger partial charge in [-0.2, -0.15) is 0 Å². The van der Waals surface area contributed by atoms with E-state index in [1.807, 2.05) is 41.2 Å². The summed E-state index contributed by atoms with van der Waals surface area (Å²) in [5.74, 6) is 1.60. The van der Waals surface area contributed by atoms with Crippen LogP contribution in [0, 0.1) is 0 Å². The van der Waals surface area contributed by atoms with E-state index in [0.29, 0.717) is 0 Å². The Balaban J connectivity index is 2.19. The molecule has 0 aliphatic rings. The minimum absolute atomic E-state index is 0.792. The molecule has 1 heterocycles. The molecule has 3 rings (SSSR count). The van der Waals surface area contributed by atoms with Crippen LogP contribution in [0.5, 0.6) is 11.5 Å². The fraction of sp³-hybridized carbons (Fsp3) is 0.118. The second-order valence-corrected chi connectivity index (χ2v) is 5.21. The molecule has 0 amide bonds. The smallest absolute Gasteiger partial charge is 0.129 e. The van der Waals surface area contributed by atoms with Crippen molar-refractivity contribution in [3.8, 4) is 33.9 Å². The second-order valence-electron chi connectivity index (χ2n) is 4.49. The molecule has 21 heavy (non-hydrogen) atoms. The molecule has 0 N–H and O–H groups in total. The molecule has 0 bridgehead atoms. The highest BCUT2D eigenvalue weighted by Gasteiger charge is 2.15. The Bertz CT molecular complexity index is 724. The predicted octanol–water partition coefficient (Wildman–Crippen LogP) is 4.49. The summed E-state index contributed by atoms with van der Waals surface area (Å²) in [6.45, 7) is 0. The van der Waals surface area contributed by atoms with Gasteiger partial charge in [-0.1, -0.05) is 30.3 Å². The van der Waals surface area contributed by atoms with Gasteiger partial charge in [0.15, 0.2) is 0 Å². The lowest BCUT2D eigenvalue weighted by molar-refractivity contribution is 0.406. The number of thiazole rings is 1. The van der Waals surface area contributed by atoms with E-state index in [4.69, 9.17) is 9.47 Å². The number of hydrogen-bond donors (Lipinski definition) is 0. The van der Waals surface area contributed by atoms with Crippen LogP contribution in [0.3, 0.4) is 0 Å². The largest absolute Gasteiger partial charge is 0.496 e. The standard InChI is InChI=1S/C17H15NO2S/c1-19-16-9-14(15-10-21-11-18-15)17(20-2)8-13(16)12-6-4-3-5-7-12/h3-11H,1-2H3. The molecule has 2 aromatic carbocycles. The van der Waals surface area contributed by atoms with Crippen LogP contribution < -0.4 is 9.47 Å². The lowest BCUT2D eigenvalue weighted by atomic mass is 10.0. The maximum Gasteiger partial charge on any atom is 0.129 e. The van der Waals surface area contributed by atoms with Crippen LogP contribution in [-0.2, 0) is 0 Å². The highest BCUT2D eigenvalue weighted by molar-refractivity contribution is 7.07. The van der Waals surface area contributed by atoms with E-state index in [2.05, 4.69) is 17.1 Å². The summed E-state index contributed by atoms with van der Waals surface area (Å²) < 4.78 is 11.1. The first-order valence-electron chi connectivity index (χ1n) is 6.53. The Labute approximate surface area is 127 Å². The van der Waals surface area contributed by atoms with E-state index >= 15 is 0 Å². The van der Waals surface area contributed by atoms with Crippen LogP contribution in [0.2, 0.25) is 0 Å². The fourth-order valence-corrected chi connectivity index (χ4v) is 2.84. The topological polar surface area (TPSA) is 31.4 Å². The average molecular weight is 297 g/mol. The number of ether oxygens (including phenoxy) is 2. The van der Waals surface area contributed by atoms with Crippen molar-refractivity contribution in [2.24, 2.45) is 0 Å². The molecule has 0 spiro atoms. The maximum absolute atomic E-state index is 5.56. The number of nitrogens with zero attached hydrogens (tertiary/aromatic N) is 1. The third-order valence-electron chi connectivity index (χ3n) is 3.31. The van der Waals surface area contributed by atoms with Crippen LogP contribution in [0.15, 0.2) is 53.4 Å². The number of aromatic nitrogens is 1. The van der Waals surface area contributed by atoms with Crippen LogP contribution in [0.25, 0.3) is 22.4 Å². The summed E-state index contributed by atoms with van der Waals surface area (Å²) in [6, 6.07) is 14.1. The lowest BCUT2D eigenvalue weighted by Gasteiger charge is -2.14. The van der Waals surface area contributed by atoms with Crippen molar-refractivity contribution in [2.45, 2.75) is 0 Å². The summed E-state index contributed by atoms with van der Waals surface area (Å²) >= 11 is 1.56. The maximum atomic E-state index is 5.56. The van der Waals surface area contributed by atoms with Gasteiger partial charge in [-0.3, -0.25) is 0 Å².